The van der Waals surface area contributed by atoms with Crippen molar-refractivity contribution in [1.29, 1.82) is 0 Å². The Balaban J connectivity index is 2.04. The van der Waals surface area contributed by atoms with Gasteiger partial charge in [0.2, 0.25) is 0 Å². The zero-order valence-electron chi connectivity index (χ0n) is 9.28. The average molecular weight is 243 g/mol. The van der Waals surface area contributed by atoms with Gasteiger partial charge in [-0.05, 0) is 24.3 Å². The third kappa shape index (κ3) is 1.84. The number of imidazole rings is 1. The summed E-state index contributed by atoms with van der Waals surface area (Å²) in [7, 11) is 0. The molecule has 0 atom stereocenters. The predicted molar refractivity (Wildman–Crippen MR) is 62.0 cm³/mol. The molecule has 90 valence electrons. The van der Waals surface area contributed by atoms with E-state index in [2.05, 4.69) is 10.1 Å². The lowest BCUT2D eigenvalue weighted by Gasteiger charge is -1.96. The summed E-state index contributed by atoms with van der Waals surface area (Å²) in [5, 5.41) is 13.0. The number of aromatic nitrogens is 3. The van der Waals surface area contributed by atoms with Gasteiger partial charge in [0.25, 0.3) is 0 Å². The Morgan fingerprint density at radius 2 is 2.28 bits per heavy atom. The van der Waals surface area contributed by atoms with Gasteiger partial charge in [0.05, 0.1) is 24.6 Å². The molecule has 1 N–H and O–H groups in total. The van der Waals surface area contributed by atoms with E-state index in [-0.39, 0.29) is 6.42 Å². The number of hydrogen-bond acceptors (Lipinski definition) is 4. The molecule has 0 saturated carbocycles. The minimum atomic E-state index is -0.912. The maximum Gasteiger partial charge on any atom is 0.309 e. The fourth-order valence-corrected chi connectivity index (χ4v) is 1.73. The summed E-state index contributed by atoms with van der Waals surface area (Å²) in [6.45, 7) is 0. The van der Waals surface area contributed by atoms with E-state index in [0.29, 0.717) is 22.8 Å². The fraction of sp³-hybridized carbons (Fsp3) is 0.0833. The predicted octanol–water partition coefficient (Wildman–Crippen LogP) is 1.62. The Labute approximate surface area is 101 Å². The Hall–Kier alpha value is -2.63. The highest BCUT2D eigenvalue weighted by atomic mass is 16.4. The second-order valence-corrected chi connectivity index (χ2v) is 3.80. The number of carboxylic acid groups (broad SMARTS) is 1. The van der Waals surface area contributed by atoms with Crippen LogP contribution in [0.5, 0.6) is 0 Å². The molecular weight excluding hydrogens is 234 g/mol. The van der Waals surface area contributed by atoms with Crippen molar-refractivity contribution in [1.82, 2.24) is 14.6 Å². The van der Waals surface area contributed by atoms with Crippen molar-refractivity contribution in [2.45, 2.75) is 6.42 Å². The molecule has 3 aromatic rings. The van der Waals surface area contributed by atoms with Gasteiger partial charge in [-0.2, -0.15) is 5.10 Å². The van der Waals surface area contributed by atoms with Crippen LogP contribution in [0.15, 0.2) is 41.1 Å². The lowest BCUT2D eigenvalue weighted by molar-refractivity contribution is -0.136. The summed E-state index contributed by atoms with van der Waals surface area (Å²) < 4.78 is 6.80. The number of carboxylic acids is 1. The van der Waals surface area contributed by atoms with Crippen LogP contribution in [0, 0.1) is 0 Å². The van der Waals surface area contributed by atoms with Gasteiger partial charge in [0.1, 0.15) is 5.69 Å². The highest BCUT2D eigenvalue weighted by molar-refractivity contribution is 5.69. The first-order valence-corrected chi connectivity index (χ1v) is 5.33. The minimum absolute atomic E-state index is 0.112. The van der Waals surface area contributed by atoms with E-state index in [1.807, 2.05) is 6.07 Å². The monoisotopic (exact) mass is 243 g/mol. The van der Waals surface area contributed by atoms with Gasteiger partial charge < -0.3 is 9.52 Å². The molecule has 3 rings (SSSR count). The number of hydrogen-bond donors (Lipinski definition) is 1. The van der Waals surface area contributed by atoms with E-state index in [1.54, 1.807) is 35.2 Å². The molecule has 6 heteroatoms. The van der Waals surface area contributed by atoms with E-state index in [0.717, 1.165) is 0 Å². The number of aliphatic carboxylic acids is 1. The molecular formula is C12H9N3O3. The summed E-state index contributed by atoms with van der Waals surface area (Å²) in [6.07, 6.45) is 3.07. The number of fused-ring (bicyclic) bond motifs is 1. The molecule has 0 unspecified atom stereocenters. The van der Waals surface area contributed by atoms with Gasteiger partial charge in [0, 0.05) is 0 Å². The summed E-state index contributed by atoms with van der Waals surface area (Å²) in [5.41, 5.74) is 1.76. The first-order valence-electron chi connectivity index (χ1n) is 5.33. The first-order chi connectivity index (χ1) is 8.72. The Morgan fingerprint density at radius 1 is 1.39 bits per heavy atom. The lowest BCUT2D eigenvalue weighted by Crippen LogP contribution is -1.99. The van der Waals surface area contributed by atoms with Gasteiger partial charge in [-0.25, -0.2) is 9.50 Å². The van der Waals surface area contributed by atoms with Crippen molar-refractivity contribution in [3.8, 4) is 11.5 Å². The quantitative estimate of drug-likeness (QED) is 0.755. The maximum atomic E-state index is 10.6. The number of carbonyl (C=O) groups is 1. The summed E-state index contributed by atoms with van der Waals surface area (Å²) in [4.78, 5) is 14.8. The van der Waals surface area contributed by atoms with E-state index >= 15 is 0 Å². The summed E-state index contributed by atoms with van der Waals surface area (Å²) >= 11 is 0. The average Bonchev–Trinajstić information content (AvgIpc) is 2.94. The zero-order chi connectivity index (χ0) is 12.5. The van der Waals surface area contributed by atoms with Crippen LogP contribution in [0.3, 0.4) is 0 Å². The molecule has 0 aliphatic heterocycles. The molecule has 0 amide bonds. The first kappa shape index (κ1) is 10.5. The second-order valence-electron chi connectivity index (χ2n) is 3.80. The minimum Gasteiger partial charge on any atom is -0.481 e. The van der Waals surface area contributed by atoms with Crippen LogP contribution in [0.2, 0.25) is 0 Å². The van der Waals surface area contributed by atoms with Crippen LogP contribution in [0.25, 0.3) is 17.1 Å². The van der Waals surface area contributed by atoms with Crippen LogP contribution < -0.4 is 0 Å². The second kappa shape index (κ2) is 3.99. The Morgan fingerprint density at radius 3 is 3.00 bits per heavy atom. The van der Waals surface area contributed by atoms with Gasteiger partial charge in [-0.1, -0.05) is 0 Å². The largest absolute Gasteiger partial charge is 0.481 e. The topological polar surface area (TPSA) is 80.6 Å². The third-order valence-electron chi connectivity index (χ3n) is 2.48. The molecule has 0 aliphatic carbocycles. The Bertz CT molecular complexity index is 701. The highest BCUT2D eigenvalue weighted by Crippen LogP contribution is 2.17. The molecule has 0 spiro atoms. The molecule has 0 radical (unpaired) electrons. The number of furan rings is 1. The van der Waals surface area contributed by atoms with Gasteiger partial charge in [-0.15, -0.1) is 0 Å². The number of rotatable bonds is 3. The van der Waals surface area contributed by atoms with E-state index in [1.165, 1.54) is 0 Å². The molecule has 0 aliphatic rings. The van der Waals surface area contributed by atoms with E-state index < -0.39 is 5.97 Å². The van der Waals surface area contributed by atoms with Crippen molar-refractivity contribution in [3.05, 3.63) is 42.4 Å². The van der Waals surface area contributed by atoms with Crippen LogP contribution >= 0.6 is 0 Å². The lowest BCUT2D eigenvalue weighted by atomic mass is 10.3. The van der Waals surface area contributed by atoms with Crippen LogP contribution in [-0.4, -0.2) is 25.7 Å². The third-order valence-corrected chi connectivity index (χ3v) is 2.48. The molecule has 3 heterocycles. The molecule has 0 saturated heterocycles. The van der Waals surface area contributed by atoms with Gasteiger partial charge in [0.15, 0.2) is 11.4 Å². The molecule has 0 fully saturated rings. The number of nitrogens with zero attached hydrogens (tertiary/aromatic N) is 3. The maximum absolute atomic E-state index is 10.6. The SMILES string of the molecule is O=C(O)Cc1cn2nc(-c3ccco3)ccc2n1. The summed E-state index contributed by atoms with van der Waals surface area (Å²) in [6, 6.07) is 7.15. The molecule has 18 heavy (non-hydrogen) atoms. The van der Waals surface area contributed by atoms with Crippen molar-refractivity contribution in [3.63, 3.8) is 0 Å². The molecule has 6 nitrogen and oxygen atoms in total. The van der Waals surface area contributed by atoms with Crippen molar-refractivity contribution in [2.24, 2.45) is 0 Å². The van der Waals surface area contributed by atoms with E-state index in [4.69, 9.17) is 9.52 Å². The van der Waals surface area contributed by atoms with Crippen molar-refractivity contribution < 1.29 is 14.3 Å². The van der Waals surface area contributed by atoms with Crippen LogP contribution in [-0.2, 0) is 11.2 Å². The van der Waals surface area contributed by atoms with Crippen molar-refractivity contribution >= 4 is 11.6 Å². The van der Waals surface area contributed by atoms with Gasteiger partial charge in [-0.3, -0.25) is 4.79 Å². The standard InChI is InChI=1S/C12H9N3O3/c16-12(17)6-8-7-15-11(13-8)4-3-9(14-15)10-2-1-5-18-10/h1-5,7H,6H2,(H,16,17). The van der Waals surface area contributed by atoms with Crippen LogP contribution in [0.1, 0.15) is 5.69 Å². The summed E-state index contributed by atoms with van der Waals surface area (Å²) in [5.74, 6) is -0.255. The van der Waals surface area contributed by atoms with Gasteiger partial charge >= 0.3 is 5.97 Å². The van der Waals surface area contributed by atoms with Crippen LogP contribution in [0.4, 0.5) is 0 Å². The fourth-order valence-electron chi connectivity index (χ4n) is 1.73. The normalized spacial score (nSPS) is 10.9. The molecule has 0 bridgehead atoms. The van der Waals surface area contributed by atoms with Crippen molar-refractivity contribution in [2.75, 3.05) is 0 Å². The molecule has 0 aromatic carbocycles. The highest BCUT2D eigenvalue weighted by Gasteiger charge is 2.08. The smallest absolute Gasteiger partial charge is 0.309 e. The molecule has 3 aromatic heterocycles. The van der Waals surface area contributed by atoms with E-state index in [9.17, 15) is 4.79 Å². The zero-order valence-corrected chi connectivity index (χ0v) is 9.28. The Kier molecular flexibility index (Phi) is 2.33.